The molecular weight excluding hydrogens is 597 g/mol. The zero-order chi connectivity index (χ0) is 29.6. The number of ether oxygens (including phenoxy) is 1. The summed E-state index contributed by atoms with van der Waals surface area (Å²) in [5.74, 6) is 0.965. The van der Waals surface area contributed by atoms with E-state index in [0.717, 1.165) is 27.2 Å². The second kappa shape index (κ2) is 13.4. The van der Waals surface area contributed by atoms with Crippen molar-refractivity contribution in [3.05, 3.63) is 93.8 Å². The normalized spacial score (nSPS) is 11.2. The van der Waals surface area contributed by atoms with Crippen molar-refractivity contribution in [2.24, 2.45) is 5.92 Å². The molecule has 0 aliphatic heterocycles. The van der Waals surface area contributed by atoms with Crippen LogP contribution in [0.2, 0.25) is 5.02 Å². The van der Waals surface area contributed by atoms with Gasteiger partial charge in [-0.1, -0.05) is 43.6 Å². The Hall–Kier alpha value is -3.90. The number of fused-ring (bicyclic) bond motifs is 1. The lowest BCUT2D eigenvalue weighted by molar-refractivity contribution is 0.306. The van der Waals surface area contributed by atoms with Gasteiger partial charge in [-0.3, -0.25) is 5.32 Å². The van der Waals surface area contributed by atoms with Crippen molar-refractivity contribution >= 4 is 60.6 Å². The summed E-state index contributed by atoms with van der Waals surface area (Å²) in [7, 11) is -2.29. The van der Waals surface area contributed by atoms with Crippen molar-refractivity contribution in [2.45, 2.75) is 33.4 Å². The summed E-state index contributed by atoms with van der Waals surface area (Å²) < 4.78 is 42.3. The summed E-state index contributed by atoms with van der Waals surface area (Å²) in [4.78, 5) is 13.8. The minimum absolute atomic E-state index is 0.188. The number of nitrogens with zero attached hydrogens (tertiary/aromatic N) is 3. The molecule has 12 heteroatoms. The van der Waals surface area contributed by atoms with Gasteiger partial charge in [-0.15, -0.1) is 11.3 Å². The number of thiazole rings is 1. The van der Waals surface area contributed by atoms with Crippen LogP contribution in [0.4, 0.5) is 15.9 Å². The van der Waals surface area contributed by atoms with Crippen LogP contribution in [-0.2, 0) is 23.4 Å². The molecule has 0 saturated heterocycles. The molecule has 216 valence electrons. The van der Waals surface area contributed by atoms with Crippen LogP contribution in [0, 0.1) is 11.7 Å². The lowest BCUT2D eigenvalue weighted by atomic mass is 10.1. The Morgan fingerprint density at radius 1 is 1.10 bits per heavy atom. The summed E-state index contributed by atoms with van der Waals surface area (Å²) in [5, 5.41) is 10.2. The van der Waals surface area contributed by atoms with Crippen LogP contribution in [0.25, 0.3) is 22.2 Å². The number of aromatic nitrogens is 3. The molecular formula is C30H27ClFN5O3S2. The molecule has 0 aliphatic carbocycles. The van der Waals surface area contributed by atoms with E-state index in [1.54, 1.807) is 24.3 Å². The second-order valence-electron chi connectivity index (χ2n) is 9.88. The summed E-state index contributed by atoms with van der Waals surface area (Å²) in [6, 6.07) is 17.3. The van der Waals surface area contributed by atoms with Gasteiger partial charge in [0.25, 0.3) is 0 Å². The van der Waals surface area contributed by atoms with Crippen molar-refractivity contribution in [1.29, 1.82) is 0 Å². The Labute approximate surface area is 253 Å². The van der Waals surface area contributed by atoms with E-state index in [1.807, 2.05) is 43.5 Å². The third-order valence-electron chi connectivity index (χ3n) is 6.19. The summed E-state index contributed by atoms with van der Waals surface area (Å²) in [6.07, 6.45) is 1.94. The van der Waals surface area contributed by atoms with Crippen LogP contribution in [-0.4, -0.2) is 28.4 Å². The molecule has 0 spiro atoms. The van der Waals surface area contributed by atoms with Crippen molar-refractivity contribution in [3.63, 3.8) is 0 Å². The van der Waals surface area contributed by atoms with E-state index < -0.39 is 10.3 Å². The molecule has 0 fully saturated rings. The minimum Gasteiger partial charge on any atom is -0.487 e. The molecule has 0 aliphatic rings. The van der Waals surface area contributed by atoms with E-state index in [1.165, 1.54) is 29.8 Å². The Kier molecular flexibility index (Phi) is 9.43. The maximum atomic E-state index is 13.5. The van der Waals surface area contributed by atoms with Gasteiger partial charge in [0.05, 0.1) is 22.8 Å². The van der Waals surface area contributed by atoms with Gasteiger partial charge in [0.2, 0.25) is 10.3 Å². The number of nitrogens with one attached hydrogen (secondary N) is 2. The van der Waals surface area contributed by atoms with E-state index in [-0.39, 0.29) is 23.3 Å². The van der Waals surface area contributed by atoms with Crippen molar-refractivity contribution in [1.82, 2.24) is 20.3 Å². The Morgan fingerprint density at radius 3 is 2.71 bits per heavy atom. The molecule has 42 heavy (non-hydrogen) atoms. The molecule has 0 atom stereocenters. The molecule has 0 unspecified atom stereocenters. The van der Waals surface area contributed by atoms with Crippen molar-refractivity contribution in [3.8, 4) is 17.0 Å². The van der Waals surface area contributed by atoms with E-state index in [4.69, 9.17) is 21.3 Å². The van der Waals surface area contributed by atoms with Gasteiger partial charge < -0.3 is 10.1 Å². The zero-order valence-corrected chi connectivity index (χ0v) is 25.2. The molecule has 3 aromatic carbocycles. The fourth-order valence-corrected chi connectivity index (χ4v) is 5.84. The predicted molar refractivity (Wildman–Crippen MR) is 166 cm³/mol. The number of hydrogen-bond donors (Lipinski definition) is 2. The first kappa shape index (κ1) is 29.6. The Balaban J connectivity index is 1.31. The number of hydrogen-bond acceptors (Lipinski definition) is 8. The molecule has 5 aromatic rings. The van der Waals surface area contributed by atoms with Gasteiger partial charge >= 0.3 is 0 Å². The van der Waals surface area contributed by atoms with Gasteiger partial charge in [-0.05, 0) is 60.4 Å². The highest BCUT2D eigenvalue weighted by molar-refractivity contribution is 7.72. The highest BCUT2D eigenvalue weighted by Crippen LogP contribution is 2.32. The molecule has 0 radical (unpaired) electrons. The lowest BCUT2D eigenvalue weighted by Gasteiger charge is -2.12. The third kappa shape index (κ3) is 7.48. The first-order valence-electron chi connectivity index (χ1n) is 13.1. The fraction of sp³-hybridized carbons (Fsp3) is 0.200. The molecule has 0 saturated carbocycles. The van der Waals surface area contributed by atoms with Crippen LogP contribution in [0.5, 0.6) is 5.75 Å². The zero-order valence-electron chi connectivity index (χ0n) is 22.8. The SMILES string of the molecule is CC(C)CC(NCc1nc(-c2ccc3ncnc(Nc4ccc(OCc5cccc(F)c5)c(Cl)c4)c3c2)cs1)=S(=O)=O. The molecule has 2 heterocycles. The van der Waals surface area contributed by atoms with Gasteiger partial charge in [0, 0.05) is 22.0 Å². The molecule has 0 bridgehead atoms. The Morgan fingerprint density at radius 2 is 1.95 bits per heavy atom. The standard InChI is InChI=1S/C30H27ClFN5O3S2/c1-18(2)10-29(42(38)39)33-14-28-37-26(16-41-28)20-6-8-25-23(12-20)30(35-17-34-25)36-22-7-9-27(24(31)13-22)40-15-19-4-3-5-21(32)11-19/h3-9,11-13,16-18,33H,10,14-15H2,1-2H3,(H,34,35,36). The number of halogens is 2. The molecule has 0 amide bonds. The van der Waals surface area contributed by atoms with Crippen LogP contribution in [0.3, 0.4) is 0 Å². The van der Waals surface area contributed by atoms with E-state index in [2.05, 4.69) is 20.6 Å². The fourth-order valence-electron chi connectivity index (χ4n) is 4.20. The lowest BCUT2D eigenvalue weighted by Crippen LogP contribution is -2.25. The summed E-state index contributed by atoms with van der Waals surface area (Å²) in [6.45, 7) is 4.45. The second-order valence-corrected chi connectivity index (χ2v) is 12.2. The molecule has 2 N–H and O–H groups in total. The highest BCUT2D eigenvalue weighted by atomic mass is 35.5. The summed E-state index contributed by atoms with van der Waals surface area (Å²) >= 11 is 7.94. The van der Waals surface area contributed by atoms with Crippen LogP contribution >= 0.6 is 22.9 Å². The monoisotopic (exact) mass is 623 g/mol. The first-order valence-corrected chi connectivity index (χ1v) is 15.4. The number of benzene rings is 3. The topological polar surface area (TPSA) is 106 Å². The van der Waals surface area contributed by atoms with Crippen molar-refractivity contribution in [2.75, 3.05) is 5.32 Å². The van der Waals surface area contributed by atoms with Gasteiger partial charge in [0.15, 0.2) is 0 Å². The van der Waals surface area contributed by atoms with E-state index in [0.29, 0.717) is 40.8 Å². The quantitative estimate of drug-likeness (QED) is 0.160. The maximum Gasteiger partial charge on any atom is 0.228 e. The molecule has 5 rings (SSSR count). The van der Waals surface area contributed by atoms with Crippen LogP contribution in [0.1, 0.15) is 30.8 Å². The maximum absolute atomic E-state index is 13.5. The van der Waals surface area contributed by atoms with Gasteiger partial charge in [0.1, 0.15) is 40.3 Å². The smallest absolute Gasteiger partial charge is 0.228 e. The van der Waals surface area contributed by atoms with E-state index >= 15 is 0 Å². The Bertz CT molecular complexity index is 1870. The van der Waals surface area contributed by atoms with Crippen LogP contribution < -0.4 is 15.4 Å². The average molecular weight is 624 g/mol. The van der Waals surface area contributed by atoms with E-state index in [9.17, 15) is 12.8 Å². The largest absolute Gasteiger partial charge is 0.487 e. The molecule has 2 aromatic heterocycles. The van der Waals surface area contributed by atoms with Crippen LogP contribution in [0.15, 0.2) is 72.4 Å². The van der Waals surface area contributed by atoms with Gasteiger partial charge in [-0.25, -0.2) is 19.3 Å². The summed E-state index contributed by atoms with van der Waals surface area (Å²) in [5.41, 5.74) is 3.80. The van der Waals surface area contributed by atoms with Crippen molar-refractivity contribution < 1.29 is 17.5 Å². The third-order valence-corrected chi connectivity index (χ3v) is 8.05. The highest BCUT2D eigenvalue weighted by Gasteiger charge is 2.12. The first-order chi connectivity index (χ1) is 20.2. The minimum atomic E-state index is -2.29. The molecule has 8 nitrogen and oxygen atoms in total. The number of rotatable bonds is 10. The number of anilines is 2. The van der Waals surface area contributed by atoms with Gasteiger partial charge in [-0.2, -0.15) is 8.42 Å². The predicted octanol–water partition coefficient (Wildman–Crippen LogP) is 7.01. The average Bonchev–Trinajstić information content (AvgIpc) is 3.44.